The van der Waals surface area contributed by atoms with Gasteiger partial charge in [-0.1, -0.05) is 18.2 Å². The van der Waals surface area contributed by atoms with Gasteiger partial charge in [-0.3, -0.25) is 0 Å². The van der Waals surface area contributed by atoms with Gasteiger partial charge in [-0.2, -0.15) is 13.2 Å². The normalized spacial score (nSPS) is 12.0. The molecule has 152 valence electrons. The molecule has 0 aliphatic heterocycles. The highest BCUT2D eigenvalue weighted by Gasteiger charge is 2.29. The Kier molecular flexibility index (Phi) is 7.54. The van der Waals surface area contributed by atoms with E-state index in [2.05, 4.69) is 15.6 Å². The van der Waals surface area contributed by atoms with Crippen molar-refractivity contribution in [3.05, 3.63) is 59.2 Å². The molecule has 0 aliphatic carbocycles. The summed E-state index contributed by atoms with van der Waals surface area (Å²) >= 11 is 0. The Balaban J connectivity index is 1.91. The molecule has 0 radical (unpaired) electrons. The summed E-state index contributed by atoms with van der Waals surface area (Å²) in [6.07, 6.45) is -3.76. The lowest BCUT2D eigenvalue weighted by Crippen LogP contribution is -2.38. The Labute approximate surface area is 162 Å². The summed E-state index contributed by atoms with van der Waals surface area (Å²) in [6, 6.07) is 10.2. The third kappa shape index (κ3) is 6.37. The van der Waals surface area contributed by atoms with Gasteiger partial charge in [0.15, 0.2) is 17.5 Å². The van der Waals surface area contributed by atoms with Crippen molar-refractivity contribution in [2.75, 3.05) is 20.2 Å². The van der Waals surface area contributed by atoms with E-state index < -0.39 is 11.7 Å². The number of methoxy groups -OCH3 is 1. The highest BCUT2D eigenvalue weighted by molar-refractivity contribution is 5.79. The van der Waals surface area contributed by atoms with Crippen LogP contribution in [0, 0.1) is 0 Å². The van der Waals surface area contributed by atoms with Crippen LogP contribution in [0.25, 0.3) is 0 Å². The molecule has 0 saturated carbocycles. The van der Waals surface area contributed by atoms with Crippen LogP contribution in [-0.2, 0) is 19.1 Å². The first-order valence-corrected chi connectivity index (χ1v) is 8.87. The van der Waals surface area contributed by atoms with Gasteiger partial charge in [0.05, 0.1) is 19.2 Å². The van der Waals surface area contributed by atoms with E-state index in [1.54, 1.807) is 12.1 Å². The number of hydrogen-bond donors (Lipinski definition) is 3. The number of rotatable bonds is 7. The van der Waals surface area contributed by atoms with Crippen molar-refractivity contribution >= 4 is 5.96 Å². The van der Waals surface area contributed by atoms with Crippen molar-refractivity contribution in [2.45, 2.75) is 26.1 Å². The minimum absolute atomic E-state index is 0.0514. The molecule has 28 heavy (non-hydrogen) atoms. The van der Waals surface area contributed by atoms with Crippen LogP contribution < -0.4 is 15.4 Å². The van der Waals surface area contributed by atoms with Gasteiger partial charge in [-0.15, -0.1) is 0 Å². The molecule has 0 aliphatic rings. The van der Waals surface area contributed by atoms with Crippen LogP contribution in [0.5, 0.6) is 11.5 Å². The van der Waals surface area contributed by atoms with Crippen LogP contribution in [0.1, 0.15) is 23.6 Å². The molecule has 0 fully saturated rings. The zero-order valence-electron chi connectivity index (χ0n) is 15.8. The fraction of sp³-hybridized carbons (Fsp3) is 0.350. The molecule has 2 rings (SSSR count). The fourth-order valence-electron chi connectivity index (χ4n) is 2.53. The number of halogens is 3. The summed E-state index contributed by atoms with van der Waals surface area (Å²) in [4.78, 5) is 4.45. The van der Waals surface area contributed by atoms with E-state index >= 15 is 0 Å². The zero-order valence-corrected chi connectivity index (χ0v) is 15.8. The van der Waals surface area contributed by atoms with Crippen LogP contribution >= 0.6 is 0 Å². The molecule has 8 heteroatoms. The number of guanidine groups is 1. The van der Waals surface area contributed by atoms with Crippen LogP contribution in [-0.4, -0.2) is 31.3 Å². The molecule has 0 unspecified atom stereocenters. The quantitative estimate of drug-likeness (QED) is 0.494. The van der Waals surface area contributed by atoms with Gasteiger partial charge < -0.3 is 20.5 Å². The van der Waals surface area contributed by atoms with E-state index in [0.29, 0.717) is 37.8 Å². The van der Waals surface area contributed by atoms with Crippen molar-refractivity contribution in [3.63, 3.8) is 0 Å². The predicted molar refractivity (Wildman–Crippen MR) is 103 cm³/mol. The van der Waals surface area contributed by atoms with Crippen molar-refractivity contribution in [1.29, 1.82) is 0 Å². The second kappa shape index (κ2) is 9.87. The second-order valence-electron chi connectivity index (χ2n) is 6.07. The van der Waals surface area contributed by atoms with Gasteiger partial charge in [0.2, 0.25) is 0 Å². The molecule has 0 amide bonds. The lowest BCUT2D eigenvalue weighted by atomic mass is 10.1. The Morgan fingerprint density at radius 2 is 1.75 bits per heavy atom. The number of aliphatic imine (C=N–C) groups is 1. The molecule has 0 heterocycles. The highest BCUT2D eigenvalue weighted by atomic mass is 19.4. The monoisotopic (exact) mass is 395 g/mol. The van der Waals surface area contributed by atoms with Crippen molar-refractivity contribution in [1.82, 2.24) is 10.6 Å². The van der Waals surface area contributed by atoms with E-state index in [4.69, 9.17) is 4.74 Å². The van der Waals surface area contributed by atoms with Crippen molar-refractivity contribution in [2.24, 2.45) is 4.99 Å². The first-order chi connectivity index (χ1) is 13.3. The maximum Gasteiger partial charge on any atom is 0.416 e. The average Bonchev–Trinajstić information content (AvgIpc) is 2.66. The van der Waals surface area contributed by atoms with Gasteiger partial charge in [-0.05, 0) is 48.7 Å². The number of phenols is 1. The van der Waals surface area contributed by atoms with Gasteiger partial charge in [0.1, 0.15) is 0 Å². The fourth-order valence-corrected chi connectivity index (χ4v) is 2.53. The molecule has 0 spiro atoms. The maximum atomic E-state index is 12.6. The lowest BCUT2D eigenvalue weighted by molar-refractivity contribution is -0.137. The van der Waals surface area contributed by atoms with E-state index in [9.17, 15) is 18.3 Å². The maximum absolute atomic E-state index is 12.6. The number of nitrogens with one attached hydrogen (secondary N) is 2. The Morgan fingerprint density at radius 3 is 2.32 bits per heavy atom. The summed E-state index contributed by atoms with van der Waals surface area (Å²) in [5, 5.41) is 16.1. The van der Waals surface area contributed by atoms with E-state index in [1.165, 1.54) is 19.2 Å². The molecule has 2 aromatic carbocycles. The molecule has 0 atom stereocenters. The van der Waals surface area contributed by atoms with Crippen LogP contribution in [0.4, 0.5) is 13.2 Å². The van der Waals surface area contributed by atoms with Crippen molar-refractivity contribution < 1.29 is 23.0 Å². The Morgan fingerprint density at radius 1 is 1.07 bits per heavy atom. The Bertz CT molecular complexity index is 790. The van der Waals surface area contributed by atoms with Gasteiger partial charge in [-0.25, -0.2) is 4.99 Å². The molecular weight excluding hydrogens is 371 g/mol. The molecule has 3 N–H and O–H groups in total. The SMILES string of the molecule is CCNC(=NCc1ccc(OC)c(O)c1)NCCc1ccc(C(F)(F)F)cc1. The average molecular weight is 395 g/mol. The van der Waals surface area contributed by atoms with E-state index in [0.717, 1.165) is 23.3 Å². The van der Waals surface area contributed by atoms with Gasteiger partial charge in [0.25, 0.3) is 0 Å². The minimum Gasteiger partial charge on any atom is -0.504 e. The highest BCUT2D eigenvalue weighted by Crippen LogP contribution is 2.29. The summed E-state index contributed by atoms with van der Waals surface area (Å²) < 4.78 is 42.8. The third-order valence-corrected chi connectivity index (χ3v) is 3.99. The number of benzene rings is 2. The third-order valence-electron chi connectivity index (χ3n) is 3.99. The molecule has 0 saturated heterocycles. The predicted octanol–water partition coefficient (Wildman–Crippen LogP) is 3.72. The largest absolute Gasteiger partial charge is 0.504 e. The van der Waals surface area contributed by atoms with E-state index in [-0.39, 0.29) is 5.75 Å². The standard InChI is InChI=1S/C20H24F3N3O2/c1-3-24-19(26-13-15-6-9-18(28-2)17(27)12-15)25-11-10-14-4-7-16(8-5-14)20(21,22)23/h4-9,12,27H,3,10-11,13H2,1-2H3,(H2,24,25,26). The zero-order chi connectivity index (χ0) is 20.6. The Hall–Kier alpha value is -2.90. The number of ether oxygens (including phenoxy) is 1. The van der Waals surface area contributed by atoms with Gasteiger partial charge in [0, 0.05) is 13.1 Å². The molecule has 0 bridgehead atoms. The number of hydrogen-bond acceptors (Lipinski definition) is 3. The summed E-state index contributed by atoms with van der Waals surface area (Å²) in [5.41, 5.74) is 0.969. The summed E-state index contributed by atoms with van der Waals surface area (Å²) in [7, 11) is 1.48. The lowest BCUT2D eigenvalue weighted by Gasteiger charge is -2.12. The first kappa shape index (κ1) is 21.4. The first-order valence-electron chi connectivity index (χ1n) is 8.87. The summed E-state index contributed by atoms with van der Waals surface area (Å²) in [6.45, 7) is 3.48. The number of aromatic hydroxyl groups is 1. The van der Waals surface area contributed by atoms with E-state index in [1.807, 2.05) is 13.0 Å². The molecule has 2 aromatic rings. The van der Waals surface area contributed by atoms with Gasteiger partial charge >= 0.3 is 6.18 Å². The number of phenolic OH excluding ortho intramolecular Hbond substituents is 1. The van der Waals surface area contributed by atoms with Crippen LogP contribution in [0.2, 0.25) is 0 Å². The summed E-state index contributed by atoms with van der Waals surface area (Å²) in [5.74, 6) is 1.04. The number of nitrogens with zero attached hydrogens (tertiary/aromatic N) is 1. The smallest absolute Gasteiger partial charge is 0.416 e. The molecule has 0 aromatic heterocycles. The second-order valence-corrected chi connectivity index (χ2v) is 6.07. The van der Waals surface area contributed by atoms with Crippen LogP contribution in [0.3, 0.4) is 0 Å². The van der Waals surface area contributed by atoms with Crippen molar-refractivity contribution in [3.8, 4) is 11.5 Å². The molecule has 5 nitrogen and oxygen atoms in total. The molecular formula is C20H24F3N3O2. The number of alkyl halides is 3. The minimum atomic E-state index is -4.32. The topological polar surface area (TPSA) is 65.9 Å². The van der Waals surface area contributed by atoms with Crippen LogP contribution in [0.15, 0.2) is 47.5 Å².